The number of H-pyrrole nitrogens is 1. The molecule has 2 aliphatic heterocycles. The fourth-order valence-corrected chi connectivity index (χ4v) is 4.48. The number of aromatic amines is 1. The molecule has 1 aromatic carbocycles. The van der Waals surface area contributed by atoms with Crippen molar-refractivity contribution in [3.63, 3.8) is 0 Å². The van der Waals surface area contributed by atoms with Gasteiger partial charge in [-0.15, -0.1) is 0 Å². The van der Waals surface area contributed by atoms with E-state index in [1.807, 2.05) is 41.1 Å². The SMILES string of the molecule is CN1C[C@@H](c2ccccc2)C2(CCN(C(=O)c3ccc[nH]3)CC2)C1=O. The second-order valence-corrected chi connectivity index (χ2v) is 7.18. The number of likely N-dealkylation sites (N-methyl/N-ethyl adjacent to an activating group) is 1. The summed E-state index contributed by atoms with van der Waals surface area (Å²) in [5.74, 6) is 0.456. The number of hydrogen-bond acceptors (Lipinski definition) is 2. The van der Waals surface area contributed by atoms with Crippen molar-refractivity contribution in [3.8, 4) is 0 Å². The molecule has 0 saturated carbocycles. The standard InChI is InChI=1S/C20H23N3O2/c1-22-14-16(15-6-3-2-4-7-15)20(19(22)25)9-12-23(13-10-20)18(24)17-8-5-11-21-17/h2-8,11,16,21H,9-10,12-14H2,1H3/t16-/m0/s1. The van der Waals surface area contributed by atoms with E-state index in [9.17, 15) is 9.59 Å². The van der Waals surface area contributed by atoms with Crippen LogP contribution >= 0.6 is 0 Å². The van der Waals surface area contributed by atoms with E-state index in [0.717, 1.165) is 19.4 Å². The monoisotopic (exact) mass is 337 g/mol. The number of nitrogens with zero attached hydrogens (tertiary/aromatic N) is 2. The van der Waals surface area contributed by atoms with Crippen molar-refractivity contribution in [1.82, 2.24) is 14.8 Å². The number of benzene rings is 1. The van der Waals surface area contributed by atoms with Gasteiger partial charge in [-0.05, 0) is 30.5 Å². The van der Waals surface area contributed by atoms with E-state index in [1.54, 1.807) is 12.3 Å². The summed E-state index contributed by atoms with van der Waals surface area (Å²) >= 11 is 0. The second kappa shape index (κ2) is 6.06. The van der Waals surface area contributed by atoms with Crippen molar-refractivity contribution in [3.05, 3.63) is 59.9 Å². The number of piperidine rings is 1. The lowest BCUT2D eigenvalue weighted by Gasteiger charge is -2.41. The van der Waals surface area contributed by atoms with Gasteiger partial charge in [-0.2, -0.15) is 0 Å². The minimum atomic E-state index is -0.372. The molecule has 1 spiro atoms. The third kappa shape index (κ3) is 2.54. The molecule has 2 aliphatic rings. The number of aromatic nitrogens is 1. The molecule has 0 bridgehead atoms. The molecule has 4 rings (SSSR count). The third-order valence-electron chi connectivity index (χ3n) is 5.87. The Kier molecular flexibility index (Phi) is 3.86. The molecule has 2 fully saturated rings. The average molecular weight is 337 g/mol. The minimum absolute atomic E-state index is 0.0231. The molecule has 130 valence electrons. The number of carbonyl (C=O) groups excluding carboxylic acids is 2. The second-order valence-electron chi connectivity index (χ2n) is 7.18. The van der Waals surface area contributed by atoms with Crippen LogP contribution in [-0.4, -0.2) is 53.3 Å². The molecular weight excluding hydrogens is 314 g/mol. The maximum atomic E-state index is 13.0. The maximum Gasteiger partial charge on any atom is 0.270 e. The van der Waals surface area contributed by atoms with Gasteiger partial charge in [-0.25, -0.2) is 0 Å². The molecule has 1 atom stereocenters. The van der Waals surface area contributed by atoms with Crippen molar-refractivity contribution in [2.24, 2.45) is 5.41 Å². The van der Waals surface area contributed by atoms with Crippen LogP contribution in [-0.2, 0) is 4.79 Å². The lowest BCUT2D eigenvalue weighted by Crippen LogP contribution is -2.48. The zero-order valence-corrected chi connectivity index (χ0v) is 14.4. The van der Waals surface area contributed by atoms with Crippen LogP contribution in [0.5, 0.6) is 0 Å². The van der Waals surface area contributed by atoms with Gasteiger partial charge in [-0.1, -0.05) is 30.3 Å². The van der Waals surface area contributed by atoms with E-state index >= 15 is 0 Å². The summed E-state index contributed by atoms with van der Waals surface area (Å²) < 4.78 is 0. The van der Waals surface area contributed by atoms with Crippen LogP contribution in [0.4, 0.5) is 0 Å². The minimum Gasteiger partial charge on any atom is -0.357 e. The van der Waals surface area contributed by atoms with Crippen LogP contribution in [0.15, 0.2) is 48.7 Å². The van der Waals surface area contributed by atoms with E-state index in [2.05, 4.69) is 17.1 Å². The smallest absolute Gasteiger partial charge is 0.270 e. The number of rotatable bonds is 2. The number of carbonyl (C=O) groups is 2. The summed E-state index contributed by atoms with van der Waals surface area (Å²) in [6.45, 7) is 2.01. The summed E-state index contributed by atoms with van der Waals surface area (Å²) in [7, 11) is 1.89. The van der Waals surface area contributed by atoms with Gasteiger partial charge in [0.15, 0.2) is 0 Å². The lowest BCUT2D eigenvalue weighted by molar-refractivity contribution is -0.137. The Morgan fingerprint density at radius 2 is 1.84 bits per heavy atom. The van der Waals surface area contributed by atoms with Crippen molar-refractivity contribution < 1.29 is 9.59 Å². The zero-order chi connectivity index (χ0) is 17.4. The molecule has 2 saturated heterocycles. The zero-order valence-electron chi connectivity index (χ0n) is 14.4. The highest BCUT2D eigenvalue weighted by molar-refractivity contribution is 5.93. The predicted molar refractivity (Wildman–Crippen MR) is 95.2 cm³/mol. The summed E-state index contributed by atoms with van der Waals surface area (Å²) in [5, 5.41) is 0. The van der Waals surface area contributed by atoms with Gasteiger partial charge in [0.05, 0.1) is 5.41 Å². The van der Waals surface area contributed by atoms with Crippen molar-refractivity contribution in [1.29, 1.82) is 0 Å². The Hall–Kier alpha value is -2.56. The molecule has 2 amide bonds. The molecule has 25 heavy (non-hydrogen) atoms. The first-order chi connectivity index (χ1) is 12.1. The van der Waals surface area contributed by atoms with Crippen LogP contribution in [0, 0.1) is 5.41 Å². The maximum absolute atomic E-state index is 13.0. The molecule has 2 aromatic rings. The first kappa shape index (κ1) is 15.9. The van der Waals surface area contributed by atoms with E-state index in [-0.39, 0.29) is 23.1 Å². The van der Waals surface area contributed by atoms with Crippen LogP contribution in [0.2, 0.25) is 0 Å². The Morgan fingerprint density at radius 1 is 1.12 bits per heavy atom. The fourth-order valence-electron chi connectivity index (χ4n) is 4.48. The molecule has 1 N–H and O–H groups in total. The Balaban J connectivity index is 1.57. The van der Waals surface area contributed by atoms with Gasteiger partial charge in [0.25, 0.3) is 5.91 Å². The Morgan fingerprint density at radius 3 is 2.48 bits per heavy atom. The number of amides is 2. The molecule has 5 nitrogen and oxygen atoms in total. The third-order valence-corrected chi connectivity index (χ3v) is 5.87. The topological polar surface area (TPSA) is 56.4 Å². The largest absolute Gasteiger partial charge is 0.357 e. The summed E-state index contributed by atoms with van der Waals surface area (Å²) in [6.07, 6.45) is 3.21. The van der Waals surface area contributed by atoms with Crippen LogP contribution < -0.4 is 0 Å². The number of likely N-dealkylation sites (tertiary alicyclic amines) is 2. The quantitative estimate of drug-likeness (QED) is 0.915. The highest BCUT2D eigenvalue weighted by Gasteiger charge is 2.54. The summed E-state index contributed by atoms with van der Waals surface area (Å²) in [5.41, 5.74) is 1.47. The van der Waals surface area contributed by atoms with Gasteiger partial charge < -0.3 is 14.8 Å². The van der Waals surface area contributed by atoms with Gasteiger partial charge in [-0.3, -0.25) is 9.59 Å². The summed E-state index contributed by atoms with van der Waals surface area (Å²) in [4.78, 5) is 32.3. The first-order valence-corrected chi connectivity index (χ1v) is 8.85. The molecule has 1 aromatic heterocycles. The van der Waals surface area contributed by atoms with E-state index < -0.39 is 0 Å². The Labute approximate surface area is 147 Å². The first-order valence-electron chi connectivity index (χ1n) is 8.85. The molecule has 0 radical (unpaired) electrons. The van der Waals surface area contributed by atoms with Gasteiger partial charge in [0.1, 0.15) is 5.69 Å². The van der Waals surface area contributed by atoms with E-state index in [0.29, 0.717) is 18.8 Å². The van der Waals surface area contributed by atoms with E-state index in [1.165, 1.54) is 5.56 Å². The van der Waals surface area contributed by atoms with E-state index in [4.69, 9.17) is 0 Å². The van der Waals surface area contributed by atoms with Crippen molar-refractivity contribution in [2.45, 2.75) is 18.8 Å². The molecule has 0 unspecified atom stereocenters. The van der Waals surface area contributed by atoms with Gasteiger partial charge in [0.2, 0.25) is 5.91 Å². The molecule has 3 heterocycles. The fraction of sp³-hybridized carbons (Fsp3) is 0.400. The average Bonchev–Trinajstić information content (AvgIpc) is 3.27. The van der Waals surface area contributed by atoms with Gasteiger partial charge >= 0.3 is 0 Å². The molecule has 5 heteroatoms. The lowest BCUT2D eigenvalue weighted by atomic mass is 9.68. The Bertz CT molecular complexity index is 762. The molecule has 0 aliphatic carbocycles. The summed E-state index contributed by atoms with van der Waals surface area (Å²) in [6, 6.07) is 14.0. The van der Waals surface area contributed by atoms with Crippen LogP contribution in [0.1, 0.15) is 34.8 Å². The predicted octanol–water partition coefficient (Wildman–Crippen LogP) is 2.49. The number of hydrogen-bond donors (Lipinski definition) is 1. The highest BCUT2D eigenvalue weighted by Crippen LogP contribution is 2.50. The molecular formula is C20H23N3O2. The van der Waals surface area contributed by atoms with Crippen LogP contribution in [0.3, 0.4) is 0 Å². The van der Waals surface area contributed by atoms with Crippen molar-refractivity contribution >= 4 is 11.8 Å². The van der Waals surface area contributed by atoms with Crippen molar-refractivity contribution in [2.75, 3.05) is 26.7 Å². The highest BCUT2D eigenvalue weighted by atomic mass is 16.2. The van der Waals surface area contributed by atoms with Gasteiger partial charge in [0, 0.05) is 38.8 Å². The van der Waals surface area contributed by atoms with Crippen LogP contribution in [0.25, 0.3) is 0 Å². The number of nitrogens with one attached hydrogen (secondary N) is 1. The normalized spacial score (nSPS) is 22.6.